The Morgan fingerprint density at radius 2 is 0.875 bits per heavy atom. The van der Waals surface area contributed by atoms with Gasteiger partial charge >= 0.3 is 0 Å². The smallest absolute Gasteiger partial charge is 0.164 e. The summed E-state index contributed by atoms with van der Waals surface area (Å²) in [6.45, 7) is 0. The van der Waals surface area contributed by atoms with E-state index in [0.717, 1.165) is 71.5 Å². The van der Waals surface area contributed by atoms with Gasteiger partial charge in [0.2, 0.25) is 0 Å². The molecule has 0 amide bonds. The third-order valence-electron chi connectivity index (χ3n) is 8.86. The molecule has 0 aliphatic heterocycles. The molecule has 0 atom stereocenters. The number of nitrogens with zero attached hydrogens (tertiary/aromatic N) is 5. The molecule has 224 valence electrons. The van der Waals surface area contributed by atoms with E-state index in [9.17, 15) is 0 Å². The highest BCUT2D eigenvalue weighted by atomic mass is 15.0. The summed E-state index contributed by atoms with van der Waals surface area (Å²) in [6.07, 6.45) is 3.70. The molecule has 0 N–H and O–H groups in total. The molecule has 0 saturated heterocycles. The first kappa shape index (κ1) is 27.7. The molecule has 6 aromatic carbocycles. The highest BCUT2D eigenvalue weighted by molar-refractivity contribution is 5.97. The van der Waals surface area contributed by atoms with E-state index in [0.29, 0.717) is 17.5 Å². The van der Waals surface area contributed by atoms with E-state index < -0.39 is 0 Å². The maximum Gasteiger partial charge on any atom is 0.164 e. The Morgan fingerprint density at radius 3 is 1.65 bits per heavy atom. The summed E-state index contributed by atoms with van der Waals surface area (Å²) in [7, 11) is 0. The van der Waals surface area contributed by atoms with Gasteiger partial charge in [-0.1, -0.05) is 133 Å². The van der Waals surface area contributed by atoms with Crippen LogP contribution in [0.4, 0.5) is 0 Å². The maximum atomic E-state index is 5.06. The number of fused-ring (bicyclic) bond motifs is 3. The van der Waals surface area contributed by atoms with Crippen LogP contribution in [0.25, 0.3) is 89.0 Å². The molecule has 3 heterocycles. The Balaban J connectivity index is 1.16. The Labute approximate surface area is 277 Å². The van der Waals surface area contributed by atoms with E-state index >= 15 is 0 Å². The van der Waals surface area contributed by atoms with E-state index in [1.807, 2.05) is 30.6 Å². The molecule has 0 fully saturated rings. The molecule has 0 spiro atoms. The first-order valence-corrected chi connectivity index (χ1v) is 15.9. The van der Waals surface area contributed by atoms with E-state index in [1.165, 1.54) is 0 Å². The van der Waals surface area contributed by atoms with E-state index in [2.05, 4.69) is 143 Å². The molecule has 0 aliphatic rings. The molecular weight excluding hydrogens is 587 g/mol. The fraction of sp³-hybridized carbons (Fsp3) is 0. The number of pyridine rings is 2. The zero-order chi connectivity index (χ0) is 31.9. The quantitative estimate of drug-likeness (QED) is 0.193. The maximum absolute atomic E-state index is 5.06. The third-order valence-corrected chi connectivity index (χ3v) is 8.86. The largest absolute Gasteiger partial charge is 0.256 e. The monoisotopic (exact) mass is 613 g/mol. The van der Waals surface area contributed by atoms with Crippen LogP contribution in [-0.4, -0.2) is 24.9 Å². The zero-order valence-corrected chi connectivity index (χ0v) is 25.8. The van der Waals surface area contributed by atoms with Crippen LogP contribution < -0.4 is 0 Å². The molecule has 0 radical (unpaired) electrons. The minimum absolute atomic E-state index is 0.620. The molecule has 9 rings (SSSR count). The van der Waals surface area contributed by atoms with E-state index in [1.54, 1.807) is 0 Å². The van der Waals surface area contributed by atoms with Gasteiger partial charge in [-0.05, 0) is 45.7 Å². The van der Waals surface area contributed by atoms with Gasteiger partial charge in [0, 0.05) is 45.4 Å². The molecule has 9 aromatic rings. The second-order valence-electron chi connectivity index (χ2n) is 11.7. The van der Waals surface area contributed by atoms with Crippen LogP contribution in [0.15, 0.2) is 164 Å². The Kier molecular flexibility index (Phi) is 6.72. The van der Waals surface area contributed by atoms with Crippen LogP contribution in [0.5, 0.6) is 0 Å². The highest BCUT2D eigenvalue weighted by Crippen LogP contribution is 2.33. The summed E-state index contributed by atoms with van der Waals surface area (Å²) in [5, 5.41) is 4.47. The molecule has 5 nitrogen and oxygen atoms in total. The third kappa shape index (κ3) is 4.95. The Bertz CT molecular complexity index is 2450. The van der Waals surface area contributed by atoms with Crippen molar-refractivity contribution in [2.24, 2.45) is 0 Å². The minimum Gasteiger partial charge on any atom is -0.256 e. The first-order chi connectivity index (χ1) is 23.8. The van der Waals surface area contributed by atoms with Crippen molar-refractivity contribution >= 4 is 32.6 Å². The Hall–Kier alpha value is -6.59. The van der Waals surface area contributed by atoms with Crippen molar-refractivity contribution in [2.45, 2.75) is 0 Å². The van der Waals surface area contributed by atoms with Gasteiger partial charge in [-0.15, -0.1) is 0 Å². The van der Waals surface area contributed by atoms with Gasteiger partial charge in [-0.25, -0.2) is 15.0 Å². The summed E-state index contributed by atoms with van der Waals surface area (Å²) < 4.78 is 0. The summed E-state index contributed by atoms with van der Waals surface area (Å²) in [5.41, 5.74) is 9.19. The number of hydrogen-bond acceptors (Lipinski definition) is 5. The second kappa shape index (κ2) is 11.6. The molecule has 0 bridgehead atoms. The summed E-state index contributed by atoms with van der Waals surface area (Å²) in [6, 6.07) is 52.1. The average molecular weight is 614 g/mol. The van der Waals surface area contributed by atoms with Crippen molar-refractivity contribution in [3.05, 3.63) is 164 Å². The van der Waals surface area contributed by atoms with Gasteiger partial charge in [-0.2, -0.15) is 0 Å². The lowest BCUT2D eigenvalue weighted by atomic mass is 10.00. The average Bonchev–Trinajstić information content (AvgIpc) is 3.17. The predicted molar refractivity (Wildman–Crippen MR) is 195 cm³/mol. The first-order valence-electron chi connectivity index (χ1n) is 15.9. The topological polar surface area (TPSA) is 64.5 Å². The fourth-order valence-corrected chi connectivity index (χ4v) is 6.46. The van der Waals surface area contributed by atoms with Gasteiger partial charge in [0.15, 0.2) is 17.5 Å². The molecule has 48 heavy (non-hydrogen) atoms. The summed E-state index contributed by atoms with van der Waals surface area (Å²) >= 11 is 0. The van der Waals surface area contributed by atoms with Crippen molar-refractivity contribution in [3.63, 3.8) is 0 Å². The van der Waals surface area contributed by atoms with Gasteiger partial charge in [0.25, 0.3) is 0 Å². The molecule has 0 unspecified atom stereocenters. The lowest BCUT2D eigenvalue weighted by molar-refractivity contribution is 1.08. The van der Waals surface area contributed by atoms with Crippen LogP contribution >= 0.6 is 0 Å². The van der Waals surface area contributed by atoms with Crippen LogP contribution in [0.3, 0.4) is 0 Å². The second-order valence-corrected chi connectivity index (χ2v) is 11.7. The van der Waals surface area contributed by atoms with Gasteiger partial charge < -0.3 is 0 Å². The molecule has 0 saturated carbocycles. The SMILES string of the molecule is c1ccc2c(-c3nc(-c4ccc(-c5ccnc6ccccc56)cc4)nc(-c4ccc(-c5cccc6cccnc56)cc4)n3)cccc2c1. The number of rotatable bonds is 5. The molecule has 5 heteroatoms. The molecular formula is C43H27N5. The minimum atomic E-state index is 0.620. The van der Waals surface area contributed by atoms with Gasteiger partial charge in [0.1, 0.15) is 0 Å². The van der Waals surface area contributed by atoms with E-state index in [-0.39, 0.29) is 0 Å². The lowest BCUT2D eigenvalue weighted by Gasteiger charge is -2.12. The van der Waals surface area contributed by atoms with Crippen LogP contribution in [0.1, 0.15) is 0 Å². The summed E-state index contributed by atoms with van der Waals surface area (Å²) in [5.74, 6) is 1.88. The van der Waals surface area contributed by atoms with Gasteiger partial charge in [-0.3, -0.25) is 9.97 Å². The Morgan fingerprint density at radius 1 is 0.312 bits per heavy atom. The normalized spacial score (nSPS) is 11.3. The van der Waals surface area contributed by atoms with Crippen LogP contribution in [0.2, 0.25) is 0 Å². The molecule has 3 aromatic heterocycles. The number of para-hydroxylation sites is 2. The fourth-order valence-electron chi connectivity index (χ4n) is 6.46. The van der Waals surface area contributed by atoms with Crippen molar-refractivity contribution in [2.75, 3.05) is 0 Å². The standard InChI is InChI=1S/C43H27N5/c1-2-12-34-28(8-1)9-5-15-38(34)43-47-41(32-21-17-29(18-22-32)35-25-27-44-39-16-4-3-13-37(35)39)46-42(48-43)33-23-19-30(20-24-33)36-14-6-10-31-11-7-26-45-40(31)36/h1-27H. The number of benzene rings is 6. The summed E-state index contributed by atoms with van der Waals surface area (Å²) in [4.78, 5) is 24.4. The van der Waals surface area contributed by atoms with Gasteiger partial charge in [0.05, 0.1) is 11.0 Å². The zero-order valence-electron chi connectivity index (χ0n) is 25.8. The van der Waals surface area contributed by atoms with E-state index in [4.69, 9.17) is 15.0 Å². The number of hydrogen-bond donors (Lipinski definition) is 0. The van der Waals surface area contributed by atoms with Crippen molar-refractivity contribution < 1.29 is 0 Å². The lowest BCUT2D eigenvalue weighted by Crippen LogP contribution is -2.00. The van der Waals surface area contributed by atoms with Crippen molar-refractivity contribution in [1.82, 2.24) is 24.9 Å². The number of aromatic nitrogens is 5. The van der Waals surface area contributed by atoms with Crippen LogP contribution in [-0.2, 0) is 0 Å². The van der Waals surface area contributed by atoms with Crippen molar-refractivity contribution in [3.8, 4) is 56.4 Å². The highest BCUT2D eigenvalue weighted by Gasteiger charge is 2.15. The molecule has 0 aliphatic carbocycles. The van der Waals surface area contributed by atoms with Crippen molar-refractivity contribution in [1.29, 1.82) is 0 Å². The predicted octanol–water partition coefficient (Wildman–Crippen LogP) is 10.5. The van der Waals surface area contributed by atoms with Crippen LogP contribution in [0, 0.1) is 0 Å².